The Labute approximate surface area is 244 Å². The minimum Gasteiger partial charge on any atom is -0.457 e. The number of benzene rings is 2. The van der Waals surface area contributed by atoms with E-state index in [-0.39, 0.29) is 33.0 Å². The predicted octanol–water partition coefficient (Wildman–Crippen LogP) is 3.58. The number of carbonyl (C=O) groups excluding carboxylic acids is 4. The number of carbonyl (C=O) groups is 4. The van der Waals surface area contributed by atoms with Crippen LogP contribution in [0.3, 0.4) is 0 Å². The molecule has 4 heterocycles. The van der Waals surface area contributed by atoms with E-state index in [1.807, 2.05) is 34.1 Å². The maximum Gasteiger partial charge on any atom is 0.510 e. The van der Waals surface area contributed by atoms with Crippen molar-refractivity contribution < 1.29 is 61.8 Å². The third-order valence-corrected chi connectivity index (χ3v) is 6.97. The van der Waals surface area contributed by atoms with Crippen molar-refractivity contribution in [2.45, 2.75) is 31.0 Å². The van der Waals surface area contributed by atoms with E-state index in [1.54, 1.807) is 24.3 Å². The number of hydrogen-bond acceptors (Lipinski definition) is 15. The number of cyclic esters (lactones) is 8. The van der Waals surface area contributed by atoms with Crippen LogP contribution in [0.5, 0.6) is 11.5 Å². The number of ether oxygens (including phenoxy) is 9. The van der Waals surface area contributed by atoms with Crippen LogP contribution in [-0.4, -0.2) is 95.2 Å². The lowest BCUT2D eigenvalue weighted by Crippen LogP contribution is -2.46. The predicted molar refractivity (Wildman–Crippen MR) is 142 cm³/mol. The molecule has 4 fully saturated rings. The van der Waals surface area contributed by atoms with E-state index < -0.39 is 49.2 Å². The fourth-order valence-electron chi connectivity index (χ4n) is 4.98. The highest BCUT2D eigenvalue weighted by Gasteiger charge is 2.34. The summed E-state index contributed by atoms with van der Waals surface area (Å²) in [5.41, 5.74) is 1.50. The van der Waals surface area contributed by atoms with E-state index in [0.29, 0.717) is 36.7 Å². The Bertz CT molecular complexity index is 1310. The summed E-state index contributed by atoms with van der Waals surface area (Å²) < 4.78 is 46.6. The van der Waals surface area contributed by atoms with Crippen LogP contribution >= 0.6 is 0 Å². The lowest BCUT2D eigenvalue weighted by atomic mass is 10.2. The lowest BCUT2D eigenvalue weighted by molar-refractivity contribution is -0.0253. The van der Waals surface area contributed by atoms with Gasteiger partial charge in [0, 0.05) is 17.8 Å². The first-order valence-electron chi connectivity index (χ1n) is 13.6. The summed E-state index contributed by atoms with van der Waals surface area (Å²) in [7, 11) is 0. The minimum atomic E-state index is -0.766. The topological polar surface area (TPSA) is 158 Å². The molecule has 0 aromatic heterocycles. The molecule has 0 amide bonds. The van der Waals surface area contributed by atoms with E-state index in [9.17, 15) is 19.2 Å². The van der Waals surface area contributed by atoms with Crippen molar-refractivity contribution in [3.05, 3.63) is 48.5 Å². The summed E-state index contributed by atoms with van der Waals surface area (Å²) in [4.78, 5) is 49.7. The van der Waals surface area contributed by atoms with Gasteiger partial charge in [0.2, 0.25) is 0 Å². The second-order valence-electron chi connectivity index (χ2n) is 10.0. The molecule has 0 spiro atoms. The van der Waals surface area contributed by atoms with Crippen molar-refractivity contribution in [1.29, 1.82) is 0 Å². The summed E-state index contributed by atoms with van der Waals surface area (Å²) in [6, 6.07) is 14.4. The molecule has 2 aromatic carbocycles. The minimum absolute atomic E-state index is 0.0975. The van der Waals surface area contributed by atoms with Crippen molar-refractivity contribution in [1.82, 2.24) is 0 Å². The second-order valence-corrected chi connectivity index (χ2v) is 10.0. The number of nitrogens with zero attached hydrogens (tertiary/aromatic N) is 2. The first kappa shape index (κ1) is 28.1. The maximum absolute atomic E-state index is 11.8. The van der Waals surface area contributed by atoms with Crippen molar-refractivity contribution >= 4 is 36.0 Å². The van der Waals surface area contributed by atoms with Crippen LogP contribution in [0.4, 0.5) is 30.6 Å². The molecule has 0 radical (unpaired) electrons. The zero-order chi connectivity index (χ0) is 29.8. The summed E-state index contributed by atoms with van der Waals surface area (Å²) in [6.07, 6.45) is -4.59. The van der Waals surface area contributed by atoms with E-state index in [4.69, 9.17) is 42.6 Å². The molecular formula is C28H28N2O13. The number of anilines is 2. The fourth-order valence-corrected chi connectivity index (χ4v) is 4.98. The zero-order valence-electron chi connectivity index (χ0n) is 22.8. The van der Waals surface area contributed by atoms with Gasteiger partial charge in [-0.25, -0.2) is 19.2 Å². The van der Waals surface area contributed by atoms with Crippen LogP contribution in [0, 0.1) is 0 Å². The molecule has 4 saturated heterocycles. The summed E-state index contributed by atoms with van der Waals surface area (Å²) in [6.45, 7) is 1.46. The average molecular weight is 601 g/mol. The van der Waals surface area contributed by atoms with Gasteiger partial charge in [-0.2, -0.15) is 0 Å². The van der Waals surface area contributed by atoms with Crippen LogP contribution < -0.4 is 14.5 Å². The average Bonchev–Trinajstić information content (AvgIpc) is 3.73. The van der Waals surface area contributed by atoms with Crippen LogP contribution in [0.1, 0.15) is 6.42 Å². The normalized spacial score (nSPS) is 24.4. The molecule has 0 aliphatic carbocycles. The number of rotatable bonds is 11. The van der Waals surface area contributed by atoms with E-state index in [0.717, 1.165) is 5.69 Å². The van der Waals surface area contributed by atoms with Crippen molar-refractivity contribution in [3.8, 4) is 11.5 Å². The second kappa shape index (κ2) is 12.4. The molecular weight excluding hydrogens is 572 g/mol. The number of hydrogen-bond donors (Lipinski definition) is 0. The van der Waals surface area contributed by atoms with Gasteiger partial charge < -0.3 is 52.4 Å². The standard InChI is InChI=1S/C28H28N2O13/c31-25-35-10-9-24(43-25)30(13-23-16-38-28(34)42-23)18-3-7-20(8-4-18)39-19-5-1-17(2-6-19)29(11-21-14-36-26(32)40-21)12-22-15-37-27(33)41-22/h1-8,21-24H,9-16H2. The van der Waals surface area contributed by atoms with Gasteiger partial charge in [0.15, 0.2) is 24.5 Å². The molecule has 43 heavy (non-hydrogen) atoms. The molecule has 15 heteroatoms. The van der Waals surface area contributed by atoms with Gasteiger partial charge in [-0.15, -0.1) is 0 Å². The Hall–Kier alpha value is -5.08. The molecule has 0 bridgehead atoms. The van der Waals surface area contributed by atoms with Crippen molar-refractivity contribution in [2.75, 3.05) is 55.9 Å². The van der Waals surface area contributed by atoms with Crippen molar-refractivity contribution in [3.63, 3.8) is 0 Å². The molecule has 4 atom stereocenters. The highest BCUT2D eigenvalue weighted by molar-refractivity contribution is 5.64. The lowest BCUT2D eigenvalue weighted by Gasteiger charge is -2.35. The highest BCUT2D eigenvalue weighted by Crippen LogP contribution is 2.30. The largest absolute Gasteiger partial charge is 0.510 e. The van der Waals surface area contributed by atoms with Gasteiger partial charge in [0.25, 0.3) is 0 Å². The van der Waals surface area contributed by atoms with Gasteiger partial charge in [-0.3, -0.25) is 0 Å². The van der Waals surface area contributed by atoms with Gasteiger partial charge in [0.05, 0.1) is 19.6 Å². The molecule has 4 aliphatic rings. The highest BCUT2D eigenvalue weighted by atomic mass is 16.8. The molecule has 2 aromatic rings. The van der Waals surface area contributed by atoms with E-state index >= 15 is 0 Å². The first-order chi connectivity index (χ1) is 20.9. The Morgan fingerprint density at radius 1 is 0.581 bits per heavy atom. The molecule has 4 aliphatic heterocycles. The molecule has 0 N–H and O–H groups in total. The third kappa shape index (κ3) is 7.05. The fraction of sp³-hybridized carbons (Fsp3) is 0.429. The molecule has 0 saturated carbocycles. The Kier molecular flexibility index (Phi) is 8.11. The maximum atomic E-state index is 11.8. The first-order valence-corrected chi connectivity index (χ1v) is 13.6. The monoisotopic (exact) mass is 600 g/mol. The molecule has 15 nitrogen and oxygen atoms in total. The van der Waals surface area contributed by atoms with Crippen LogP contribution in [0.15, 0.2) is 48.5 Å². The summed E-state index contributed by atoms with van der Waals surface area (Å²) >= 11 is 0. The molecule has 4 unspecified atom stereocenters. The van der Waals surface area contributed by atoms with E-state index in [1.165, 1.54) is 0 Å². The Morgan fingerprint density at radius 2 is 1.05 bits per heavy atom. The smallest absolute Gasteiger partial charge is 0.457 e. The Morgan fingerprint density at radius 3 is 1.51 bits per heavy atom. The zero-order valence-corrected chi connectivity index (χ0v) is 22.8. The molecule has 228 valence electrons. The van der Waals surface area contributed by atoms with Gasteiger partial charge in [-0.1, -0.05) is 0 Å². The van der Waals surface area contributed by atoms with Gasteiger partial charge >= 0.3 is 24.6 Å². The summed E-state index contributed by atoms with van der Waals surface area (Å²) in [5.74, 6) is 1.12. The molecule has 6 rings (SSSR count). The van der Waals surface area contributed by atoms with Crippen molar-refractivity contribution in [2.24, 2.45) is 0 Å². The Balaban J connectivity index is 1.12. The van der Waals surface area contributed by atoms with Gasteiger partial charge in [0.1, 0.15) is 37.9 Å². The van der Waals surface area contributed by atoms with E-state index in [2.05, 4.69) is 0 Å². The van der Waals surface area contributed by atoms with Crippen LogP contribution in [-0.2, 0) is 37.9 Å². The summed E-state index contributed by atoms with van der Waals surface area (Å²) in [5, 5.41) is 0. The quantitative estimate of drug-likeness (QED) is 0.272. The van der Waals surface area contributed by atoms with Crippen LogP contribution in [0.25, 0.3) is 0 Å². The van der Waals surface area contributed by atoms with Gasteiger partial charge in [-0.05, 0) is 48.5 Å². The third-order valence-electron chi connectivity index (χ3n) is 6.97. The SMILES string of the molecule is O=C1OCC(CN(CC2COC(=O)O2)c2ccc(Oc3ccc(N(CC4COC(=O)O4)C4CCOC(=O)O4)cc3)cc2)O1. The van der Waals surface area contributed by atoms with Crippen LogP contribution in [0.2, 0.25) is 0 Å².